The molecule has 0 saturated carbocycles. The van der Waals surface area contributed by atoms with Gasteiger partial charge in [-0.25, -0.2) is 4.98 Å². The number of thioether (sulfide) groups is 1. The summed E-state index contributed by atoms with van der Waals surface area (Å²) in [5, 5.41) is 4.25. The molecule has 2 heterocycles. The number of unbranched alkanes of at least 4 members (excludes halogenated alkanes) is 1. The Labute approximate surface area is 145 Å². The number of aromatic nitrogens is 2. The average molecular weight is 338 g/mol. The molecular weight excluding hydrogens is 306 g/mol. The van der Waals surface area contributed by atoms with Crippen LogP contribution in [0.2, 0.25) is 0 Å². The van der Waals surface area contributed by atoms with Crippen molar-refractivity contribution in [3.8, 4) is 0 Å². The molecule has 6 heteroatoms. The molecule has 0 spiro atoms. The quantitative estimate of drug-likeness (QED) is 0.492. The van der Waals surface area contributed by atoms with E-state index in [0.717, 1.165) is 56.7 Å². The van der Waals surface area contributed by atoms with Crippen molar-refractivity contribution in [2.75, 3.05) is 32.4 Å². The Balaban J connectivity index is 1.69. The molecule has 1 aliphatic rings. The van der Waals surface area contributed by atoms with Gasteiger partial charge in [-0.2, -0.15) is 11.8 Å². The molecule has 1 unspecified atom stereocenters. The zero-order chi connectivity index (χ0) is 16.7. The second-order valence-electron chi connectivity index (χ2n) is 6.45. The molecule has 1 aliphatic heterocycles. The van der Waals surface area contributed by atoms with Gasteiger partial charge in [0.1, 0.15) is 5.82 Å². The second kappa shape index (κ2) is 9.21. The molecule has 0 aliphatic carbocycles. The summed E-state index contributed by atoms with van der Waals surface area (Å²) in [4.78, 5) is 11.2. The van der Waals surface area contributed by atoms with Crippen LogP contribution in [0, 0.1) is 12.8 Å². The van der Waals surface area contributed by atoms with Gasteiger partial charge in [0.2, 0.25) is 0 Å². The number of imidazole rings is 1. The summed E-state index contributed by atoms with van der Waals surface area (Å²) in [7, 11) is 1.89. The second-order valence-corrected chi connectivity index (χ2v) is 7.80. The summed E-state index contributed by atoms with van der Waals surface area (Å²) in [6.45, 7) is 10.9. The maximum atomic E-state index is 4.47. The summed E-state index contributed by atoms with van der Waals surface area (Å²) < 4.78 is 2.21. The van der Waals surface area contributed by atoms with Gasteiger partial charge in [0.25, 0.3) is 0 Å². The summed E-state index contributed by atoms with van der Waals surface area (Å²) in [6.07, 6.45) is 6.23. The lowest BCUT2D eigenvalue weighted by Gasteiger charge is -2.36. The fraction of sp³-hybridized carbons (Fsp3) is 0.765. The highest BCUT2D eigenvalue weighted by molar-refractivity contribution is 8.00. The van der Waals surface area contributed by atoms with Crippen LogP contribution in [0.15, 0.2) is 17.4 Å². The minimum atomic E-state index is 0.714. The molecule has 130 valence electrons. The van der Waals surface area contributed by atoms with E-state index in [0.29, 0.717) is 5.25 Å². The molecule has 1 aromatic heterocycles. The number of rotatable bonds is 6. The molecular formula is C17H31N5S. The topological polar surface area (TPSA) is 45.5 Å². The third-order valence-corrected chi connectivity index (χ3v) is 5.92. The lowest BCUT2D eigenvalue weighted by atomic mass is 10.1. The predicted molar refractivity (Wildman–Crippen MR) is 100 cm³/mol. The molecule has 0 bridgehead atoms. The first-order chi connectivity index (χ1) is 11.1. The Morgan fingerprint density at radius 3 is 2.96 bits per heavy atom. The average Bonchev–Trinajstić information content (AvgIpc) is 2.96. The van der Waals surface area contributed by atoms with Gasteiger partial charge in [0.05, 0.1) is 0 Å². The van der Waals surface area contributed by atoms with Gasteiger partial charge < -0.3 is 14.8 Å². The minimum Gasteiger partial charge on any atom is -0.356 e. The monoisotopic (exact) mass is 337 g/mol. The lowest BCUT2D eigenvalue weighted by Crippen LogP contribution is -2.49. The zero-order valence-electron chi connectivity index (χ0n) is 15.0. The van der Waals surface area contributed by atoms with Crippen LogP contribution in [0.3, 0.4) is 0 Å². The maximum Gasteiger partial charge on any atom is 0.193 e. The number of guanidine groups is 1. The molecule has 1 fully saturated rings. The smallest absolute Gasteiger partial charge is 0.193 e. The van der Waals surface area contributed by atoms with E-state index in [4.69, 9.17) is 0 Å². The van der Waals surface area contributed by atoms with Crippen molar-refractivity contribution in [3.63, 3.8) is 0 Å². The van der Waals surface area contributed by atoms with E-state index < -0.39 is 0 Å². The Hall–Kier alpha value is -1.17. The van der Waals surface area contributed by atoms with Crippen LogP contribution in [0.1, 0.15) is 32.5 Å². The van der Waals surface area contributed by atoms with Crippen LogP contribution in [0.25, 0.3) is 0 Å². The molecule has 23 heavy (non-hydrogen) atoms. The third-order valence-electron chi connectivity index (χ3n) is 4.38. The van der Waals surface area contributed by atoms with Crippen LogP contribution in [-0.4, -0.2) is 58.1 Å². The Bertz CT molecular complexity index is 497. The van der Waals surface area contributed by atoms with E-state index >= 15 is 0 Å². The molecule has 0 amide bonds. The van der Waals surface area contributed by atoms with Crippen molar-refractivity contribution >= 4 is 17.7 Å². The molecule has 1 N–H and O–H groups in total. The van der Waals surface area contributed by atoms with Gasteiger partial charge in [-0.3, -0.25) is 4.99 Å². The Morgan fingerprint density at radius 2 is 2.30 bits per heavy atom. The number of hydrogen-bond acceptors (Lipinski definition) is 3. The van der Waals surface area contributed by atoms with Crippen LogP contribution in [0.4, 0.5) is 0 Å². The van der Waals surface area contributed by atoms with Crippen LogP contribution in [0.5, 0.6) is 0 Å². The van der Waals surface area contributed by atoms with Gasteiger partial charge in [0.15, 0.2) is 5.96 Å². The van der Waals surface area contributed by atoms with Gasteiger partial charge in [-0.05, 0) is 25.7 Å². The molecule has 2 rings (SSSR count). The Morgan fingerprint density at radius 1 is 1.48 bits per heavy atom. The summed E-state index contributed by atoms with van der Waals surface area (Å²) in [6, 6.07) is 0. The van der Waals surface area contributed by atoms with Crippen molar-refractivity contribution < 1.29 is 0 Å². The zero-order valence-corrected chi connectivity index (χ0v) is 15.8. The molecule has 1 saturated heterocycles. The number of hydrogen-bond donors (Lipinski definition) is 1. The molecule has 1 aromatic rings. The van der Waals surface area contributed by atoms with E-state index in [2.05, 4.69) is 63.5 Å². The van der Waals surface area contributed by atoms with Crippen molar-refractivity contribution in [2.45, 2.75) is 45.4 Å². The van der Waals surface area contributed by atoms with E-state index in [1.54, 1.807) is 0 Å². The van der Waals surface area contributed by atoms with E-state index in [1.807, 2.05) is 13.2 Å². The van der Waals surface area contributed by atoms with Gasteiger partial charge >= 0.3 is 0 Å². The van der Waals surface area contributed by atoms with Crippen molar-refractivity contribution in [3.05, 3.63) is 18.2 Å². The van der Waals surface area contributed by atoms with Gasteiger partial charge in [-0.15, -0.1) is 0 Å². The normalized spacial score (nSPS) is 19.4. The SMILES string of the molecule is CN=C(NCCCCn1ccnc1C)N1CCSC(C(C)C)C1. The summed E-state index contributed by atoms with van der Waals surface area (Å²) in [5.41, 5.74) is 0. The predicted octanol–water partition coefficient (Wildman–Crippen LogP) is 2.62. The number of aliphatic imine (C=N–C) groups is 1. The summed E-state index contributed by atoms with van der Waals surface area (Å²) >= 11 is 2.10. The first-order valence-corrected chi connectivity index (χ1v) is 9.71. The van der Waals surface area contributed by atoms with E-state index in [1.165, 1.54) is 5.75 Å². The highest BCUT2D eigenvalue weighted by atomic mass is 32.2. The fourth-order valence-electron chi connectivity index (χ4n) is 2.85. The number of aryl methyl sites for hydroxylation is 2. The maximum absolute atomic E-state index is 4.47. The van der Waals surface area contributed by atoms with Gasteiger partial charge in [0, 0.05) is 56.6 Å². The standard InChI is InChI=1S/C17H31N5S/c1-14(2)16-13-22(11-12-23-16)17(18-4)20-7-5-6-9-21-10-8-19-15(21)3/h8,10,14,16H,5-7,9,11-13H2,1-4H3,(H,18,20). The first-order valence-electron chi connectivity index (χ1n) is 8.66. The Kier molecular flexibility index (Phi) is 7.27. The molecule has 0 aromatic carbocycles. The third kappa shape index (κ3) is 5.44. The largest absolute Gasteiger partial charge is 0.356 e. The minimum absolute atomic E-state index is 0.714. The van der Waals surface area contributed by atoms with Crippen LogP contribution in [-0.2, 0) is 6.54 Å². The highest BCUT2D eigenvalue weighted by Crippen LogP contribution is 2.24. The van der Waals surface area contributed by atoms with Crippen molar-refractivity contribution in [1.29, 1.82) is 0 Å². The number of nitrogens with one attached hydrogen (secondary N) is 1. The molecule has 0 radical (unpaired) electrons. The van der Waals surface area contributed by atoms with Crippen LogP contribution < -0.4 is 5.32 Å². The molecule has 1 atom stereocenters. The lowest BCUT2D eigenvalue weighted by molar-refractivity contribution is 0.380. The van der Waals surface area contributed by atoms with Crippen molar-refractivity contribution in [1.82, 2.24) is 19.8 Å². The fourth-order valence-corrected chi connectivity index (χ4v) is 4.15. The van der Waals surface area contributed by atoms with E-state index in [9.17, 15) is 0 Å². The van der Waals surface area contributed by atoms with E-state index in [-0.39, 0.29) is 0 Å². The van der Waals surface area contributed by atoms with Gasteiger partial charge in [-0.1, -0.05) is 13.8 Å². The number of nitrogens with zero attached hydrogens (tertiary/aromatic N) is 4. The van der Waals surface area contributed by atoms with Crippen molar-refractivity contribution in [2.24, 2.45) is 10.9 Å². The highest BCUT2D eigenvalue weighted by Gasteiger charge is 2.24. The van der Waals surface area contributed by atoms with Crippen LogP contribution >= 0.6 is 11.8 Å². The molecule has 5 nitrogen and oxygen atoms in total. The summed E-state index contributed by atoms with van der Waals surface area (Å²) in [5.74, 6) is 4.08. The first kappa shape index (κ1) is 18.2.